The van der Waals surface area contributed by atoms with Gasteiger partial charge in [-0.3, -0.25) is 4.79 Å². The molecule has 2 amide bonds. The van der Waals surface area contributed by atoms with Gasteiger partial charge in [0.2, 0.25) is 0 Å². The van der Waals surface area contributed by atoms with Crippen molar-refractivity contribution in [3.63, 3.8) is 0 Å². The highest BCUT2D eigenvalue weighted by Crippen LogP contribution is 2.19. The Kier molecular flexibility index (Phi) is 5.06. The van der Waals surface area contributed by atoms with Crippen molar-refractivity contribution in [2.45, 2.75) is 51.8 Å². The van der Waals surface area contributed by atoms with Gasteiger partial charge in [-0.05, 0) is 52.2 Å². The van der Waals surface area contributed by atoms with E-state index < -0.39 is 11.7 Å². The molecule has 120 valence electrons. The van der Waals surface area contributed by atoms with Crippen LogP contribution in [0, 0.1) is 0 Å². The number of hydrogen-bond donors (Lipinski definition) is 1. The highest BCUT2D eigenvalue weighted by Gasteiger charge is 2.29. The minimum Gasteiger partial charge on any atom is -0.444 e. The van der Waals surface area contributed by atoms with Gasteiger partial charge >= 0.3 is 6.09 Å². The molecular formula is C17H24N2O3. The first-order valence-electron chi connectivity index (χ1n) is 7.72. The fourth-order valence-electron chi connectivity index (χ4n) is 2.51. The number of nitrogens with zero attached hydrogens (tertiary/aromatic N) is 1. The maximum Gasteiger partial charge on any atom is 0.409 e. The van der Waals surface area contributed by atoms with Gasteiger partial charge in [0.15, 0.2) is 0 Å². The van der Waals surface area contributed by atoms with Crippen LogP contribution in [0.2, 0.25) is 0 Å². The van der Waals surface area contributed by atoms with Gasteiger partial charge in [-0.25, -0.2) is 4.79 Å². The average Bonchev–Trinajstić information content (AvgIpc) is 2.46. The fourth-order valence-corrected chi connectivity index (χ4v) is 2.51. The summed E-state index contributed by atoms with van der Waals surface area (Å²) in [5, 5.41) is 2.82. The normalized spacial score (nSPS) is 18.7. The van der Waals surface area contributed by atoms with E-state index in [2.05, 4.69) is 5.32 Å². The molecule has 0 spiro atoms. The zero-order valence-electron chi connectivity index (χ0n) is 13.5. The Labute approximate surface area is 131 Å². The lowest BCUT2D eigenvalue weighted by molar-refractivity contribution is 0.0340. The monoisotopic (exact) mass is 304 g/mol. The van der Waals surface area contributed by atoms with Gasteiger partial charge in [0.05, 0.1) is 0 Å². The first kappa shape index (κ1) is 16.3. The smallest absolute Gasteiger partial charge is 0.409 e. The Balaban J connectivity index is 2.05. The first-order valence-corrected chi connectivity index (χ1v) is 7.72. The van der Waals surface area contributed by atoms with Crippen molar-refractivity contribution >= 4 is 12.0 Å². The summed E-state index contributed by atoms with van der Waals surface area (Å²) in [4.78, 5) is 26.3. The summed E-state index contributed by atoms with van der Waals surface area (Å²) in [5.74, 6) is -0.0543. The number of nitrogens with one attached hydrogen (secondary N) is 1. The summed E-state index contributed by atoms with van der Waals surface area (Å²) in [6, 6.07) is 9.15. The van der Waals surface area contributed by atoms with Crippen LogP contribution in [0.1, 0.15) is 50.4 Å². The minimum atomic E-state index is -0.549. The molecular weight excluding hydrogens is 280 g/mol. The molecule has 0 aliphatic carbocycles. The van der Waals surface area contributed by atoms with Crippen LogP contribution in [-0.2, 0) is 4.74 Å². The summed E-state index contributed by atoms with van der Waals surface area (Å²) in [6.07, 6.45) is 1.89. The quantitative estimate of drug-likeness (QED) is 0.913. The molecule has 2 rings (SSSR count). The SMILES string of the molecule is CC(C)(C)OC(=O)NC1CCCCN1C(=O)c1ccccc1. The molecule has 1 heterocycles. The summed E-state index contributed by atoms with van der Waals surface area (Å²) >= 11 is 0. The molecule has 5 heteroatoms. The third kappa shape index (κ3) is 4.48. The number of carbonyl (C=O) groups excluding carboxylic acids is 2. The highest BCUT2D eigenvalue weighted by molar-refractivity contribution is 5.94. The molecule has 1 N–H and O–H groups in total. The van der Waals surface area contributed by atoms with E-state index in [1.54, 1.807) is 17.0 Å². The van der Waals surface area contributed by atoms with Gasteiger partial charge in [-0.1, -0.05) is 18.2 Å². The Bertz CT molecular complexity index is 522. The van der Waals surface area contributed by atoms with Crippen LogP contribution in [0.4, 0.5) is 4.79 Å². The zero-order valence-corrected chi connectivity index (χ0v) is 13.5. The van der Waals surface area contributed by atoms with Crippen LogP contribution in [0.5, 0.6) is 0 Å². The van der Waals surface area contributed by atoms with Crippen LogP contribution < -0.4 is 5.32 Å². The third-order valence-electron chi connectivity index (χ3n) is 3.47. The van der Waals surface area contributed by atoms with E-state index in [1.165, 1.54) is 0 Å². The molecule has 0 saturated carbocycles. The molecule has 0 radical (unpaired) electrons. The van der Waals surface area contributed by atoms with Crippen molar-refractivity contribution in [1.82, 2.24) is 10.2 Å². The van der Waals surface area contributed by atoms with E-state index >= 15 is 0 Å². The van der Waals surface area contributed by atoms with Crippen molar-refractivity contribution in [2.75, 3.05) is 6.54 Å². The van der Waals surface area contributed by atoms with Crippen molar-refractivity contribution < 1.29 is 14.3 Å². The Hall–Kier alpha value is -2.04. The van der Waals surface area contributed by atoms with Crippen molar-refractivity contribution in [2.24, 2.45) is 0 Å². The number of carbonyl (C=O) groups is 2. The zero-order chi connectivity index (χ0) is 16.2. The predicted molar refractivity (Wildman–Crippen MR) is 84.5 cm³/mol. The van der Waals surface area contributed by atoms with Crippen LogP contribution >= 0.6 is 0 Å². The summed E-state index contributed by atoms with van der Waals surface area (Å²) in [7, 11) is 0. The minimum absolute atomic E-state index is 0.0543. The molecule has 1 unspecified atom stereocenters. The number of rotatable bonds is 2. The van der Waals surface area contributed by atoms with E-state index in [-0.39, 0.29) is 12.1 Å². The van der Waals surface area contributed by atoms with Gasteiger partial charge < -0.3 is 15.0 Å². The first-order chi connectivity index (χ1) is 10.4. The maximum absolute atomic E-state index is 12.6. The largest absolute Gasteiger partial charge is 0.444 e. The number of piperidine rings is 1. The second kappa shape index (κ2) is 6.81. The second-order valence-corrected chi connectivity index (χ2v) is 6.52. The van der Waals surface area contributed by atoms with E-state index in [4.69, 9.17) is 4.74 Å². The van der Waals surface area contributed by atoms with Crippen LogP contribution in [0.25, 0.3) is 0 Å². The Morgan fingerprint density at radius 2 is 1.86 bits per heavy atom. The molecule has 1 saturated heterocycles. The molecule has 1 aliphatic rings. The molecule has 1 aromatic carbocycles. The number of benzene rings is 1. The molecule has 0 bridgehead atoms. The predicted octanol–water partition coefficient (Wildman–Crippen LogP) is 3.16. The summed E-state index contributed by atoms with van der Waals surface area (Å²) < 4.78 is 5.29. The van der Waals surface area contributed by atoms with E-state index in [0.717, 1.165) is 19.3 Å². The molecule has 1 aromatic rings. The summed E-state index contributed by atoms with van der Waals surface area (Å²) in [6.45, 7) is 6.11. The number of amides is 2. The van der Waals surface area contributed by atoms with Crippen LogP contribution in [0.15, 0.2) is 30.3 Å². The number of likely N-dealkylation sites (tertiary alicyclic amines) is 1. The van der Waals surface area contributed by atoms with E-state index in [0.29, 0.717) is 12.1 Å². The maximum atomic E-state index is 12.6. The Morgan fingerprint density at radius 3 is 2.50 bits per heavy atom. The van der Waals surface area contributed by atoms with Crippen molar-refractivity contribution in [3.05, 3.63) is 35.9 Å². The molecule has 0 aromatic heterocycles. The number of hydrogen-bond acceptors (Lipinski definition) is 3. The Morgan fingerprint density at radius 1 is 1.18 bits per heavy atom. The van der Waals surface area contributed by atoms with Crippen molar-refractivity contribution in [3.8, 4) is 0 Å². The van der Waals surface area contributed by atoms with Gasteiger partial charge in [-0.2, -0.15) is 0 Å². The number of ether oxygens (including phenoxy) is 1. The fraction of sp³-hybridized carbons (Fsp3) is 0.529. The lowest BCUT2D eigenvalue weighted by atomic mass is 10.1. The molecule has 5 nitrogen and oxygen atoms in total. The van der Waals surface area contributed by atoms with Crippen LogP contribution in [-0.4, -0.2) is 35.2 Å². The summed E-state index contributed by atoms with van der Waals surface area (Å²) in [5.41, 5.74) is 0.0907. The molecule has 1 atom stereocenters. The van der Waals surface area contributed by atoms with Crippen LogP contribution in [0.3, 0.4) is 0 Å². The second-order valence-electron chi connectivity index (χ2n) is 6.52. The van der Waals surface area contributed by atoms with E-state index in [1.807, 2.05) is 39.0 Å². The third-order valence-corrected chi connectivity index (χ3v) is 3.47. The molecule has 1 aliphatic heterocycles. The number of alkyl carbamates (subject to hydrolysis) is 1. The standard InChI is InChI=1S/C17H24N2O3/c1-17(2,3)22-16(21)18-14-11-7-8-12-19(14)15(20)13-9-5-4-6-10-13/h4-6,9-10,14H,7-8,11-12H2,1-3H3,(H,18,21). The van der Waals surface area contributed by atoms with Gasteiger partial charge in [0, 0.05) is 12.1 Å². The molecule has 22 heavy (non-hydrogen) atoms. The van der Waals surface area contributed by atoms with Gasteiger partial charge in [0.25, 0.3) is 5.91 Å². The lowest BCUT2D eigenvalue weighted by Crippen LogP contribution is -2.53. The van der Waals surface area contributed by atoms with E-state index in [9.17, 15) is 9.59 Å². The highest BCUT2D eigenvalue weighted by atomic mass is 16.6. The molecule has 1 fully saturated rings. The van der Waals surface area contributed by atoms with Crippen molar-refractivity contribution in [1.29, 1.82) is 0 Å². The van der Waals surface area contributed by atoms with Gasteiger partial charge in [-0.15, -0.1) is 0 Å². The average molecular weight is 304 g/mol. The lowest BCUT2D eigenvalue weighted by Gasteiger charge is -2.36. The van der Waals surface area contributed by atoms with Gasteiger partial charge in [0.1, 0.15) is 11.8 Å². The topological polar surface area (TPSA) is 58.6 Å².